The number of aromatic nitrogens is 2. The van der Waals surface area contributed by atoms with Gasteiger partial charge in [0.15, 0.2) is 11.4 Å². The van der Waals surface area contributed by atoms with Crippen LogP contribution < -0.4 is 5.32 Å². The minimum absolute atomic E-state index is 0.0607. The number of benzene rings is 1. The van der Waals surface area contributed by atoms with E-state index in [-0.39, 0.29) is 11.8 Å². The molecule has 122 valence electrons. The predicted molar refractivity (Wildman–Crippen MR) is 96.4 cm³/mol. The number of nitrogens with zero attached hydrogens (tertiary/aromatic N) is 2. The molecule has 4 nitrogen and oxygen atoms in total. The van der Waals surface area contributed by atoms with E-state index in [1.165, 1.54) is 0 Å². The van der Waals surface area contributed by atoms with E-state index in [1.54, 1.807) is 18.2 Å². The molecule has 0 saturated carbocycles. The van der Waals surface area contributed by atoms with E-state index in [2.05, 4.69) is 10.3 Å². The molecule has 1 atom stereocenters. The van der Waals surface area contributed by atoms with E-state index >= 15 is 0 Å². The maximum Gasteiger partial charge on any atom is 0.167 e. The lowest BCUT2D eigenvalue weighted by atomic mass is 9.93. The highest BCUT2D eigenvalue weighted by atomic mass is 35.5. The summed E-state index contributed by atoms with van der Waals surface area (Å²) in [6.45, 7) is 3.97. The van der Waals surface area contributed by atoms with E-state index in [1.807, 2.05) is 30.5 Å². The summed E-state index contributed by atoms with van der Waals surface area (Å²) in [5.74, 6) is 0.0607. The Labute approximate surface area is 149 Å². The first-order valence-electron chi connectivity index (χ1n) is 7.69. The molecule has 1 aliphatic rings. The third-order valence-electron chi connectivity index (χ3n) is 4.63. The van der Waals surface area contributed by atoms with Crippen molar-refractivity contribution in [1.29, 1.82) is 0 Å². The number of halogens is 2. The summed E-state index contributed by atoms with van der Waals surface area (Å²) in [5.41, 5.74) is 4.90. The second-order valence-corrected chi connectivity index (χ2v) is 6.85. The molecule has 3 aromatic rings. The summed E-state index contributed by atoms with van der Waals surface area (Å²) in [4.78, 5) is 17.3. The van der Waals surface area contributed by atoms with Crippen LogP contribution in [-0.4, -0.2) is 15.2 Å². The number of anilines is 1. The summed E-state index contributed by atoms with van der Waals surface area (Å²) < 4.78 is 1.99. The largest absolute Gasteiger partial charge is 0.374 e. The van der Waals surface area contributed by atoms with Crippen molar-refractivity contribution in [2.24, 2.45) is 0 Å². The van der Waals surface area contributed by atoms with Crippen LogP contribution in [0.1, 0.15) is 39.8 Å². The standard InChI is InChI=1S/C18H15Cl2N3O/c1-9-10(2)23-7-6-11-15(24)8-14(22-17(11)18(23)21-9)16-12(19)4-3-5-13(16)20/h3-7,14,22H,8H2,1-2H3. The number of pyridine rings is 1. The summed E-state index contributed by atoms with van der Waals surface area (Å²) in [5, 5.41) is 4.54. The number of carbonyl (C=O) groups excluding carboxylic acids is 1. The first-order chi connectivity index (χ1) is 11.5. The lowest BCUT2D eigenvalue weighted by molar-refractivity contribution is 0.0972. The topological polar surface area (TPSA) is 46.4 Å². The predicted octanol–water partition coefficient (Wildman–Crippen LogP) is 5.00. The summed E-state index contributed by atoms with van der Waals surface area (Å²) >= 11 is 12.7. The summed E-state index contributed by atoms with van der Waals surface area (Å²) in [6, 6.07) is 6.95. The molecule has 0 bridgehead atoms. The third-order valence-corrected chi connectivity index (χ3v) is 5.29. The third kappa shape index (κ3) is 2.21. The lowest BCUT2D eigenvalue weighted by Gasteiger charge is -2.28. The van der Waals surface area contributed by atoms with Gasteiger partial charge in [0, 0.05) is 39.5 Å². The average molecular weight is 360 g/mol. The van der Waals surface area contributed by atoms with Gasteiger partial charge < -0.3 is 9.72 Å². The molecule has 1 aliphatic heterocycles. The Morgan fingerprint density at radius 3 is 2.62 bits per heavy atom. The molecule has 6 heteroatoms. The van der Waals surface area contributed by atoms with Crippen molar-refractivity contribution in [2.45, 2.75) is 26.3 Å². The van der Waals surface area contributed by atoms with Gasteiger partial charge in [-0.1, -0.05) is 29.3 Å². The summed E-state index contributed by atoms with van der Waals surface area (Å²) in [7, 11) is 0. The average Bonchev–Trinajstić information content (AvgIpc) is 2.83. The molecule has 4 rings (SSSR count). The van der Waals surface area contributed by atoms with E-state index in [9.17, 15) is 4.79 Å². The zero-order chi connectivity index (χ0) is 17.0. The van der Waals surface area contributed by atoms with Crippen LogP contribution in [0.5, 0.6) is 0 Å². The molecular formula is C18H15Cl2N3O. The highest BCUT2D eigenvalue weighted by Crippen LogP contribution is 2.40. The Bertz CT molecular complexity index is 973. The molecule has 0 radical (unpaired) electrons. The van der Waals surface area contributed by atoms with Gasteiger partial charge in [0.2, 0.25) is 0 Å². The Balaban J connectivity index is 1.90. The highest BCUT2D eigenvalue weighted by molar-refractivity contribution is 6.36. The van der Waals surface area contributed by atoms with E-state index in [0.29, 0.717) is 22.0 Å². The van der Waals surface area contributed by atoms with Crippen LogP contribution >= 0.6 is 23.2 Å². The van der Waals surface area contributed by atoms with Crippen molar-refractivity contribution in [3.05, 3.63) is 63.0 Å². The van der Waals surface area contributed by atoms with Crippen LogP contribution in [0.3, 0.4) is 0 Å². The van der Waals surface area contributed by atoms with Crippen molar-refractivity contribution in [3.63, 3.8) is 0 Å². The van der Waals surface area contributed by atoms with Crippen LogP contribution in [0.25, 0.3) is 5.65 Å². The zero-order valence-corrected chi connectivity index (χ0v) is 14.7. The Kier molecular flexibility index (Phi) is 3.55. The number of fused-ring (bicyclic) bond motifs is 3. The number of aryl methyl sites for hydroxylation is 2. The molecule has 0 fully saturated rings. The first kappa shape index (κ1) is 15.5. The second-order valence-electron chi connectivity index (χ2n) is 6.04. The number of rotatable bonds is 1. The minimum atomic E-state index is -0.269. The molecule has 0 aliphatic carbocycles. The molecule has 0 amide bonds. The van der Waals surface area contributed by atoms with Gasteiger partial charge in [0.25, 0.3) is 0 Å². The molecule has 3 heterocycles. The number of nitrogens with one attached hydrogen (secondary N) is 1. The van der Waals surface area contributed by atoms with Crippen molar-refractivity contribution in [3.8, 4) is 0 Å². The quantitative estimate of drug-likeness (QED) is 0.665. The van der Waals surface area contributed by atoms with E-state index in [4.69, 9.17) is 23.2 Å². The Morgan fingerprint density at radius 1 is 1.21 bits per heavy atom. The lowest BCUT2D eigenvalue weighted by Crippen LogP contribution is -2.24. The molecule has 0 spiro atoms. The van der Waals surface area contributed by atoms with Gasteiger partial charge in [-0.25, -0.2) is 4.98 Å². The Morgan fingerprint density at radius 2 is 1.92 bits per heavy atom. The number of ketones is 1. The van der Waals surface area contributed by atoms with Crippen molar-refractivity contribution in [1.82, 2.24) is 9.38 Å². The molecule has 1 aromatic carbocycles. The normalized spacial score (nSPS) is 17.0. The maximum absolute atomic E-state index is 12.7. The minimum Gasteiger partial charge on any atom is -0.374 e. The molecule has 0 saturated heterocycles. The van der Waals surface area contributed by atoms with E-state index in [0.717, 1.165) is 28.3 Å². The van der Waals surface area contributed by atoms with E-state index < -0.39 is 0 Å². The number of Topliss-reactive ketones (excluding diaryl/α,β-unsaturated/α-hetero) is 1. The molecule has 2 aromatic heterocycles. The van der Waals surface area contributed by atoms with Crippen LogP contribution in [-0.2, 0) is 0 Å². The molecule has 1 N–H and O–H groups in total. The fourth-order valence-corrected chi connectivity index (χ4v) is 3.91. The van der Waals surface area contributed by atoms with Gasteiger partial charge >= 0.3 is 0 Å². The SMILES string of the molecule is Cc1nc2c3c(ccn2c1C)C(=O)CC(c1c(Cl)cccc1Cl)N3. The fraction of sp³-hybridized carbons (Fsp3) is 0.222. The van der Waals surface area contributed by atoms with Crippen molar-refractivity contribution < 1.29 is 4.79 Å². The molecular weight excluding hydrogens is 345 g/mol. The van der Waals surface area contributed by atoms with Gasteiger partial charge in [-0.15, -0.1) is 0 Å². The van der Waals surface area contributed by atoms with Gasteiger partial charge in [0.1, 0.15) is 0 Å². The fourth-order valence-electron chi connectivity index (χ4n) is 3.25. The maximum atomic E-state index is 12.7. The Hall–Kier alpha value is -2.04. The second kappa shape index (κ2) is 5.50. The summed E-state index contributed by atoms with van der Waals surface area (Å²) in [6.07, 6.45) is 2.21. The van der Waals surface area contributed by atoms with Gasteiger partial charge in [-0.3, -0.25) is 4.79 Å². The van der Waals surface area contributed by atoms with Gasteiger partial charge in [-0.2, -0.15) is 0 Å². The molecule has 24 heavy (non-hydrogen) atoms. The smallest absolute Gasteiger partial charge is 0.167 e. The monoisotopic (exact) mass is 359 g/mol. The number of carbonyl (C=O) groups is 1. The number of hydrogen-bond donors (Lipinski definition) is 1. The van der Waals surface area contributed by atoms with Crippen LogP contribution in [0.2, 0.25) is 10.0 Å². The number of imidazole rings is 1. The zero-order valence-electron chi connectivity index (χ0n) is 13.2. The number of hydrogen-bond acceptors (Lipinski definition) is 3. The highest BCUT2D eigenvalue weighted by Gasteiger charge is 2.30. The van der Waals surface area contributed by atoms with Gasteiger partial charge in [0.05, 0.1) is 17.4 Å². The molecule has 1 unspecified atom stereocenters. The van der Waals surface area contributed by atoms with Crippen LogP contribution in [0.4, 0.5) is 5.69 Å². The van der Waals surface area contributed by atoms with Gasteiger partial charge in [-0.05, 0) is 32.0 Å². The van der Waals surface area contributed by atoms with Crippen LogP contribution in [0, 0.1) is 13.8 Å². The first-order valence-corrected chi connectivity index (χ1v) is 8.45. The van der Waals surface area contributed by atoms with Crippen LogP contribution in [0.15, 0.2) is 30.5 Å². The van der Waals surface area contributed by atoms with Crippen molar-refractivity contribution >= 4 is 40.3 Å². The van der Waals surface area contributed by atoms with Crippen molar-refractivity contribution in [2.75, 3.05) is 5.32 Å².